The number of rotatable bonds is 2. The molecule has 0 atom stereocenters. The van der Waals surface area contributed by atoms with Gasteiger partial charge >= 0.3 is 0 Å². The number of nitrogens with zero attached hydrogens (tertiary/aromatic N) is 3. The van der Waals surface area contributed by atoms with E-state index < -0.39 is 0 Å². The van der Waals surface area contributed by atoms with Gasteiger partial charge in [-0.15, -0.1) is 0 Å². The maximum atomic E-state index is 11.1. The van der Waals surface area contributed by atoms with E-state index in [0.29, 0.717) is 23.6 Å². The summed E-state index contributed by atoms with van der Waals surface area (Å²) < 4.78 is 1.72. The van der Waals surface area contributed by atoms with Crippen molar-refractivity contribution in [2.75, 3.05) is 13.1 Å². The molecule has 5 heteroatoms. The quantitative estimate of drug-likeness (QED) is 0.763. The SMILES string of the molecule is Cn1cc(Cl)c(CN2CCC(=O)CC2)n1. The molecule has 0 aliphatic carbocycles. The lowest BCUT2D eigenvalue weighted by molar-refractivity contribution is -0.121. The summed E-state index contributed by atoms with van der Waals surface area (Å²) in [7, 11) is 1.86. The normalized spacial score (nSPS) is 18.4. The van der Waals surface area contributed by atoms with Crippen LogP contribution in [0.4, 0.5) is 0 Å². The second kappa shape index (κ2) is 4.33. The van der Waals surface area contributed by atoms with Crippen LogP contribution in [0.1, 0.15) is 18.5 Å². The molecule has 0 aromatic carbocycles. The van der Waals surface area contributed by atoms with Gasteiger partial charge in [-0.05, 0) is 0 Å². The van der Waals surface area contributed by atoms with Crippen LogP contribution in [0, 0.1) is 0 Å². The molecule has 82 valence electrons. The summed E-state index contributed by atoms with van der Waals surface area (Å²) in [5.41, 5.74) is 0.897. The lowest BCUT2D eigenvalue weighted by atomic mass is 10.1. The number of hydrogen-bond acceptors (Lipinski definition) is 3. The fourth-order valence-corrected chi connectivity index (χ4v) is 2.02. The van der Waals surface area contributed by atoms with Crippen LogP contribution in [-0.2, 0) is 18.4 Å². The van der Waals surface area contributed by atoms with Gasteiger partial charge in [-0.1, -0.05) is 11.6 Å². The standard InChI is InChI=1S/C10H14ClN3O/c1-13-6-9(11)10(12-13)7-14-4-2-8(15)3-5-14/h6H,2-5,7H2,1H3. The molecule has 1 aromatic rings. The number of likely N-dealkylation sites (tertiary alicyclic amines) is 1. The Bertz CT molecular complexity index is 365. The molecule has 0 radical (unpaired) electrons. The maximum absolute atomic E-state index is 11.1. The fraction of sp³-hybridized carbons (Fsp3) is 0.600. The van der Waals surface area contributed by atoms with Gasteiger partial charge in [0.05, 0.1) is 10.7 Å². The van der Waals surface area contributed by atoms with Crippen LogP contribution in [-0.4, -0.2) is 33.6 Å². The molecule has 0 saturated carbocycles. The highest BCUT2D eigenvalue weighted by molar-refractivity contribution is 6.31. The van der Waals surface area contributed by atoms with Crippen LogP contribution in [0.15, 0.2) is 6.20 Å². The molecular weight excluding hydrogens is 214 g/mol. The molecule has 1 saturated heterocycles. The number of hydrogen-bond donors (Lipinski definition) is 0. The average Bonchev–Trinajstić information content (AvgIpc) is 2.49. The van der Waals surface area contributed by atoms with Gasteiger partial charge in [0.2, 0.25) is 0 Å². The molecule has 0 unspecified atom stereocenters. The first kappa shape index (κ1) is 10.6. The molecule has 2 rings (SSSR count). The summed E-state index contributed by atoms with van der Waals surface area (Å²) >= 11 is 6.02. The Morgan fingerprint density at radius 2 is 2.13 bits per heavy atom. The molecular formula is C10H14ClN3O. The van der Waals surface area contributed by atoms with Crippen molar-refractivity contribution in [2.24, 2.45) is 7.05 Å². The van der Waals surface area contributed by atoms with Crippen molar-refractivity contribution in [3.8, 4) is 0 Å². The highest BCUT2D eigenvalue weighted by Gasteiger charge is 2.18. The van der Waals surface area contributed by atoms with E-state index in [0.717, 1.165) is 25.3 Å². The van der Waals surface area contributed by atoms with Crippen LogP contribution < -0.4 is 0 Å². The topological polar surface area (TPSA) is 38.1 Å². The second-order valence-corrected chi connectivity index (χ2v) is 4.32. The highest BCUT2D eigenvalue weighted by atomic mass is 35.5. The Morgan fingerprint density at radius 3 is 2.67 bits per heavy atom. The molecule has 1 aromatic heterocycles. The van der Waals surface area contributed by atoms with Gasteiger partial charge in [0, 0.05) is 45.7 Å². The predicted octanol–water partition coefficient (Wildman–Crippen LogP) is 1.24. The summed E-state index contributed by atoms with van der Waals surface area (Å²) in [6, 6.07) is 0. The van der Waals surface area contributed by atoms with Gasteiger partial charge in [-0.25, -0.2) is 0 Å². The van der Waals surface area contributed by atoms with Gasteiger partial charge in [0.25, 0.3) is 0 Å². The third kappa shape index (κ3) is 2.58. The highest BCUT2D eigenvalue weighted by Crippen LogP contribution is 2.17. The van der Waals surface area contributed by atoms with Crippen molar-refractivity contribution < 1.29 is 4.79 Å². The summed E-state index contributed by atoms with van der Waals surface area (Å²) in [6.07, 6.45) is 3.11. The Morgan fingerprint density at radius 1 is 1.47 bits per heavy atom. The minimum Gasteiger partial charge on any atom is -0.300 e. The first-order valence-electron chi connectivity index (χ1n) is 5.07. The average molecular weight is 228 g/mol. The summed E-state index contributed by atoms with van der Waals surface area (Å²) in [5, 5.41) is 4.98. The monoisotopic (exact) mass is 227 g/mol. The number of carbonyl (C=O) groups is 1. The zero-order chi connectivity index (χ0) is 10.8. The third-order valence-corrected chi connectivity index (χ3v) is 2.96. The molecule has 4 nitrogen and oxygen atoms in total. The van der Waals surface area contributed by atoms with E-state index in [-0.39, 0.29) is 0 Å². The summed E-state index contributed by atoms with van der Waals surface area (Å²) in [6.45, 7) is 2.39. The van der Waals surface area contributed by atoms with Crippen molar-refractivity contribution in [3.63, 3.8) is 0 Å². The molecule has 0 spiro atoms. The lowest BCUT2D eigenvalue weighted by Crippen LogP contribution is -2.33. The number of Topliss-reactive ketones (excluding diaryl/α,β-unsaturated/α-hetero) is 1. The Balaban J connectivity index is 1.97. The Labute approximate surface area is 93.8 Å². The Hall–Kier alpha value is -0.870. The van der Waals surface area contributed by atoms with Crippen molar-refractivity contribution in [3.05, 3.63) is 16.9 Å². The zero-order valence-corrected chi connectivity index (χ0v) is 9.50. The number of halogens is 1. The predicted molar refractivity (Wildman–Crippen MR) is 57.7 cm³/mol. The first-order valence-corrected chi connectivity index (χ1v) is 5.45. The van der Waals surface area contributed by atoms with Crippen molar-refractivity contribution in [2.45, 2.75) is 19.4 Å². The smallest absolute Gasteiger partial charge is 0.135 e. The largest absolute Gasteiger partial charge is 0.300 e. The van der Waals surface area contributed by atoms with Crippen LogP contribution in [0.5, 0.6) is 0 Å². The van der Waals surface area contributed by atoms with Gasteiger partial charge in [-0.2, -0.15) is 5.10 Å². The van der Waals surface area contributed by atoms with E-state index in [2.05, 4.69) is 10.00 Å². The zero-order valence-electron chi connectivity index (χ0n) is 8.74. The van der Waals surface area contributed by atoms with E-state index >= 15 is 0 Å². The van der Waals surface area contributed by atoms with Gasteiger partial charge in [0.15, 0.2) is 0 Å². The van der Waals surface area contributed by atoms with Crippen LogP contribution >= 0.6 is 11.6 Å². The number of piperidine rings is 1. The number of ketones is 1. The van der Waals surface area contributed by atoms with Gasteiger partial charge < -0.3 is 0 Å². The van der Waals surface area contributed by atoms with Gasteiger partial charge in [-0.3, -0.25) is 14.4 Å². The van der Waals surface area contributed by atoms with E-state index in [4.69, 9.17) is 11.6 Å². The first-order chi connectivity index (χ1) is 7.15. The maximum Gasteiger partial charge on any atom is 0.135 e. The lowest BCUT2D eigenvalue weighted by Gasteiger charge is -2.24. The van der Waals surface area contributed by atoms with Crippen molar-refractivity contribution in [1.82, 2.24) is 14.7 Å². The molecule has 0 bridgehead atoms. The van der Waals surface area contributed by atoms with Crippen molar-refractivity contribution >= 4 is 17.4 Å². The summed E-state index contributed by atoms with van der Waals surface area (Å²) in [5.74, 6) is 0.360. The van der Waals surface area contributed by atoms with E-state index in [1.165, 1.54) is 0 Å². The minimum atomic E-state index is 0.360. The molecule has 15 heavy (non-hydrogen) atoms. The van der Waals surface area contributed by atoms with Crippen LogP contribution in [0.3, 0.4) is 0 Å². The van der Waals surface area contributed by atoms with Gasteiger partial charge in [0.1, 0.15) is 5.78 Å². The van der Waals surface area contributed by atoms with Crippen LogP contribution in [0.2, 0.25) is 5.02 Å². The molecule has 0 amide bonds. The molecule has 1 aliphatic rings. The van der Waals surface area contributed by atoms with Crippen molar-refractivity contribution in [1.29, 1.82) is 0 Å². The molecule has 1 aliphatic heterocycles. The number of aryl methyl sites for hydroxylation is 1. The Kier molecular flexibility index (Phi) is 3.07. The second-order valence-electron chi connectivity index (χ2n) is 3.91. The van der Waals surface area contributed by atoms with E-state index in [9.17, 15) is 4.79 Å². The molecule has 0 N–H and O–H groups in total. The summed E-state index contributed by atoms with van der Waals surface area (Å²) in [4.78, 5) is 13.3. The fourth-order valence-electron chi connectivity index (χ4n) is 1.79. The molecule has 1 fully saturated rings. The van der Waals surface area contributed by atoms with E-state index in [1.54, 1.807) is 10.9 Å². The third-order valence-electron chi connectivity index (χ3n) is 2.64. The minimum absolute atomic E-state index is 0.360. The number of carbonyl (C=O) groups excluding carboxylic acids is 1. The van der Waals surface area contributed by atoms with E-state index in [1.807, 2.05) is 7.05 Å². The molecule has 2 heterocycles. The number of aromatic nitrogens is 2. The van der Waals surface area contributed by atoms with Crippen LogP contribution in [0.25, 0.3) is 0 Å².